The van der Waals surface area contributed by atoms with Crippen LogP contribution in [0.1, 0.15) is 18.1 Å². The van der Waals surface area contributed by atoms with Gasteiger partial charge in [-0.05, 0) is 30.2 Å². The molecule has 0 bridgehead atoms. The second kappa shape index (κ2) is 10.1. The van der Waals surface area contributed by atoms with Gasteiger partial charge in [-0.25, -0.2) is 0 Å². The average molecular weight is 384 g/mol. The number of amides is 1. The van der Waals surface area contributed by atoms with Crippen LogP contribution in [0.3, 0.4) is 0 Å². The fraction of sp³-hybridized carbons (Fsp3) is 0.409. The average Bonchev–Trinajstić information content (AvgIpc) is 2.74. The number of hydrogen-bond acceptors (Lipinski definition) is 5. The summed E-state index contributed by atoms with van der Waals surface area (Å²) >= 11 is 0. The lowest BCUT2D eigenvalue weighted by molar-refractivity contribution is -0.127. The van der Waals surface area contributed by atoms with Gasteiger partial charge in [-0.2, -0.15) is 0 Å². The number of hydrogen-bond donors (Lipinski definition) is 1. The molecule has 1 heterocycles. The van der Waals surface area contributed by atoms with Crippen molar-refractivity contribution in [1.29, 1.82) is 0 Å². The third-order valence-corrected chi connectivity index (χ3v) is 4.72. The molecule has 2 aromatic rings. The first-order valence-corrected chi connectivity index (χ1v) is 9.60. The van der Waals surface area contributed by atoms with E-state index >= 15 is 0 Å². The smallest absolute Gasteiger partial charge is 0.261 e. The van der Waals surface area contributed by atoms with Gasteiger partial charge in [0.25, 0.3) is 5.91 Å². The summed E-state index contributed by atoms with van der Waals surface area (Å²) in [5.74, 6) is 1.15. The maximum Gasteiger partial charge on any atom is 0.261 e. The Balaban J connectivity index is 1.45. The molecule has 1 amide bonds. The second-order valence-corrected chi connectivity index (χ2v) is 6.86. The fourth-order valence-corrected chi connectivity index (χ4v) is 3.05. The lowest BCUT2D eigenvalue weighted by atomic mass is 10.1. The van der Waals surface area contributed by atoms with Crippen molar-refractivity contribution in [3.05, 3.63) is 59.7 Å². The van der Waals surface area contributed by atoms with Gasteiger partial charge in [-0.15, -0.1) is 0 Å². The van der Waals surface area contributed by atoms with Crippen LogP contribution in [0.4, 0.5) is 0 Å². The first-order valence-electron chi connectivity index (χ1n) is 9.60. The molecule has 6 heteroatoms. The molecule has 1 saturated heterocycles. The minimum Gasteiger partial charge on any atom is -0.497 e. The summed E-state index contributed by atoms with van der Waals surface area (Å²) in [5.41, 5.74) is 2.33. The summed E-state index contributed by atoms with van der Waals surface area (Å²) < 4.78 is 16.3. The monoisotopic (exact) mass is 384 g/mol. The van der Waals surface area contributed by atoms with Crippen LogP contribution in [0.25, 0.3) is 0 Å². The van der Waals surface area contributed by atoms with Crippen molar-refractivity contribution in [2.45, 2.75) is 26.1 Å². The number of methoxy groups -OCH3 is 1. The number of morpholine rings is 1. The molecule has 0 saturated carbocycles. The molecule has 0 spiro atoms. The summed E-state index contributed by atoms with van der Waals surface area (Å²) in [5, 5.41) is 2.93. The van der Waals surface area contributed by atoms with Crippen LogP contribution >= 0.6 is 0 Å². The van der Waals surface area contributed by atoms with Gasteiger partial charge in [0.05, 0.1) is 20.3 Å². The molecule has 150 valence electrons. The minimum atomic E-state index is -0.590. The molecule has 0 unspecified atom stereocenters. The molecule has 28 heavy (non-hydrogen) atoms. The van der Waals surface area contributed by atoms with Crippen LogP contribution in [0.15, 0.2) is 48.5 Å². The van der Waals surface area contributed by atoms with Crippen molar-refractivity contribution in [2.24, 2.45) is 0 Å². The molecule has 0 radical (unpaired) electrons. The number of benzene rings is 2. The second-order valence-electron chi connectivity index (χ2n) is 6.86. The Morgan fingerprint density at radius 2 is 1.79 bits per heavy atom. The lowest BCUT2D eigenvalue weighted by Gasteiger charge is -2.26. The zero-order valence-electron chi connectivity index (χ0n) is 16.5. The summed E-state index contributed by atoms with van der Waals surface area (Å²) in [6.07, 6.45) is -0.590. The maximum absolute atomic E-state index is 12.3. The molecule has 1 aliphatic rings. The van der Waals surface area contributed by atoms with E-state index in [2.05, 4.69) is 34.5 Å². The molecule has 0 aliphatic carbocycles. The summed E-state index contributed by atoms with van der Waals surface area (Å²) in [6.45, 7) is 6.70. The first-order chi connectivity index (χ1) is 13.6. The van der Waals surface area contributed by atoms with Crippen molar-refractivity contribution in [3.8, 4) is 11.5 Å². The number of ether oxygens (including phenoxy) is 3. The highest BCUT2D eigenvalue weighted by atomic mass is 16.5. The highest BCUT2D eigenvalue weighted by molar-refractivity contribution is 5.80. The molecule has 1 fully saturated rings. The molecular weight excluding hydrogens is 356 g/mol. The molecule has 1 aliphatic heterocycles. The molecule has 1 atom stereocenters. The molecule has 3 rings (SSSR count). The van der Waals surface area contributed by atoms with Crippen molar-refractivity contribution in [2.75, 3.05) is 33.4 Å². The lowest BCUT2D eigenvalue weighted by Crippen LogP contribution is -2.36. The maximum atomic E-state index is 12.3. The number of carbonyl (C=O) groups excluding carboxylic acids is 1. The van der Waals surface area contributed by atoms with Crippen molar-refractivity contribution in [1.82, 2.24) is 10.2 Å². The van der Waals surface area contributed by atoms with E-state index in [1.165, 1.54) is 5.56 Å². The Bertz CT molecular complexity index is 757. The zero-order valence-corrected chi connectivity index (χ0v) is 16.5. The van der Waals surface area contributed by atoms with Crippen LogP contribution in [0.5, 0.6) is 11.5 Å². The molecule has 6 nitrogen and oxygen atoms in total. The topological polar surface area (TPSA) is 60.0 Å². The zero-order chi connectivity index (χ0) is 19.8. The Labute approximate surface area is 166 Å². The number of carbonyl (C=O) groups is 1. The number of nitrogens with zero attached hydrogens (tertiary/aromatic N) is 1. The van der Waals surface area contributed by atoms with Crippen LogP contribution in [0.2, 0.25) is 0 Å². The van der Waals surface area contributed by atoms with E-state index in [0.717, 1.165) is 38.4 Å². The van der Waals surface area contributed by atoms with Gasteiger partial charge in [-0.3, -0.25) is 9.69 Å². The van der Waals surface area contributed by atoms with E-state index < -0.39 is 6.10 Å². The van der Waals surface area contributed by atoms with Crippen molar-refractivity contribution in [3.63, 3.8) is 0 Å². The van der Waals surface area contributed by atoms with E-state index in [1.54, 1.807) is 26.2 Å². The fourth-order valence-electron chi connectivity index (χ4n) is 3.05. The van der Waals surface area contributed by atoms with Gasteiger partial charge in [0.1, 0.15) is 11.5 Å². The van der Waals surface area contributed by atoms with Crippen LogP contribution < -0.4 is 14.8 Å². The van der Waals surface area contributed by atoms with Crippen LogP contribution in [0, 0.1) is 0 Å². The van der Waals surface area contributed by atoms with E-state index in [0.29, 0.717) is 18.0 Å². The highest BCUT2D eigenvalue weighted by Gasteiger charge is 2.15. The number of nitrogens with one attached hydrogen (secondary N) is 1. The quantitative estimate of drug-likeness (QED) is 0.758. The van der Waals surface area contributed by atoms with Crippen molar-refractivity contribution < 1.29 is 19.0 Å². The summed E-state index contributed by atoms with van der Waals surface area (Å²) in [6, 6.07) is 15.6. The Hall–Kier alpha value is -2.57. The molecule has 0 aromatic heterocycles. The largest absolute Gasteiger partial charge is 0.497 e. The van der Waals surface area contributed by atoms with E-state index in [1.807, 2.05) is 12.1 Å². The summed E-state index contributed by atoms with van der Waals surface area (Å²) in [4.78, 5) is 14.7. The molecule has 2 aromatic carbocycles. The van der Waals surface area contributed by atoms with Crippen LogP contribution in [-0.4, -0.2) is 50.3 Å². The van der Waals surface area contributed by atoms with Crippen LogP contribution in [-0.2, 0) is 22.6 Å². The molecule has 1 N–H and O–H groups in total. The van der Waals surface area contributed by atoms with Gasteiger partial charge < -0.3 is 19.5 Å². The Kier molecular flexibility index (Phi) is 7.28. The minimum absolute atomic E-state index is 0.153. The summed E-state index contributed by atoms with van der Waals surface area (Å²) in [7, 11) is 1.60. The van der Waals surface area contributed by atoms with Gasteiger partial charge >= 0.3 is 0 Å². The first kappa shape index (κ1) is 20.2. The van der Waals surface area contributed by atoms with E-state index in [-0.39, 0.29) is 5.91 Å². The van der Waals surface area contributed by atoms with Gasteiger partial charge in [0.15, 0.2) is 6.10 Å². The van der Waals surface area contributed by atoms with Gasteiger partial charge in [-0.1, -0.05) is 30.3 Å². The van der Waals surface area contributed by atoms with E-state index in [9.17, 15) is 4.79 Å². The van der Waals surface area contributed by atoms with Gasteiger partial charge in [0.2, 0.25) is 0 Å². The third-order valence-electron chi connectivity index (χ3n) is 4.72. The normalized spacial score (nSPS) is 15.6. The van der Waals surface area contributed by atoms with E-state index in [4.69, 9.17) is 14.2 Å². The predicted octanol–water partition coefficient (Wildman–Crippen LogP) is 2.61. The third kappa shape index (κ3) is 5.97. The Morgan fingerprint density at radius 1 is 1.11 bits per heavy atom. The van der Waals surface area contributed by atoms with Gasteiger partial charge in [0, 0.05) is 32.2 Å². The SMILES string of the molecule is COc1cccc(O[C@H](C)C(=O)NCc2ccc(CN3CCOCC3)cc2)c1. The van der Waals surface area contributed by atoms with Crippen molar-refractivity contribution >= 4 is 5.91 Å². The molecular formula is C22H28N2O4. The highest BCUT2D eigenvalue weighted by Crippen LogP contribution is 2.20. The standard InChI is InChI=1S/C22H28N2O4/c1-17(28-21-5-3-4-20(14-21)26-2)22(25)23-15-18-6-8-19(9-7-18)16-24-10-12-27-13-11-24/h3-9,14,17H,10-13,15-16H2,1-2H3,(H,23,25)/t17-/m1/s1. The Morgan fingerprint density at radius 3 is 2.50 bits per heavy atom. The number of rotatable bonds is 8. The predicted molar refractivity (Wildman–Crippen MR) is 107 cm³/mol.